The third kappa shape index (κ3) is 2.82. The molecule has 5 rings (SSSR count). The molecule has 28 heavy (non-hydrogen) atoms. The number of aromatic nitrogens is 5. The van der Waals surface area contributed by atoms with Crippen molar-refractivity contribution in [3.63, 3.8) is 0 Å². The first-order valence-corrected chi connectivity index (χ1v) is 8.59. The summed E-state index contributed by atoms with van der Waals surface area (Å²) < 4.78 is 7.03. The van der Waals surface area contributed by atoms with Crippen LogP contribution in [0.1, 0.15) is 10.5 Å². The van der Waals surface area contributed by atoms with E-state index in [0.717, 1.165) is 11.2 Å². The Kier molecular flexibility index (Phi) is 3.72. The lowest BCUT2D eigenvalue weighted by Crippen LogP contribution is -2.16. The molecule has 136 valence electrons. The van der Waals surface area contributed by atoms with E-state index < -0.39 is 0 Å². The number of para-hydroxylation sites is 1. The van der Waals surface area contributed by atoms with Gasteiger partial charge >= 0.3 is 0 Å². The first-order valence-electron chi connectivity index (χ1n) is 8.59. The van der Waals surface area contributed by atoms with Gasteiger partial charge < -0.3 is 9.73 Å². The third-order valence-electron chi connectivity index (χ3n) is 4.29. The zero-order valence-electron chi connectivity index (χ0n) is 14.5. The van der Waals surface area contributed by atoms with Gasteiger partial charge in [-0.05, 0) is 42.5 Å². The number of hydrogen-bond acceptors (Lipinski definition) is 5. The van der Waals surface area contributed by atoms with Crippen LogP contribution in [-0.2, 0) is 0 Å². The van der Waals surface area contributed by atoms with Crippen molar-refractivity contribution >= 4 is 22.6 Å². The lowest BCUT2D eigenvalue weighted by atomic mass is 10.2. The maximum Gasteiger partial charge on any atom is 0.274 e. The molecule has 0 aliphatic rings. The molecule has 3 heterocycles. The minimum absolute atomic E-state index is 0.294. The highest BCUT2D eigenvalue weighted by Gasteiger charge is 2.19. The molecule has 0 saturated carbocycles. The van der Waals surface area contributed by atoms with Gasteiger partial charge in [-0.25, -0.2) is 4.68 Å². The molecule has 0 fully saturated rings. The zero-order chi connectivity index (χ0) is 18.9. The fraction of sp³-hybridized carbons (Fsp3) is 0. The molecule has 5 aromatic rings. The van der Waals surface area contributed by atoms with Crippen LogP contribution in [0.3, 0.4) is 0 Å². The largest absolute Gasteiger partial charge is 0.463 e. The fourth-order valence-corrected chi connectivity index (χ4v) is 2.97. The van der Waals surface area contributed by atoms with Crippen molar-refractivity contribution in [3.05, 3.63) is 78.7 Å². The molecule has 2 aromatic carbocycles. The second-order valence-electron chi connectivity index (χ2n) is 6.12. The van der Waals surface area contributed by atoms with Gasteiger partial charge in [-0.2, -0.15) is 20.5 Å². The number of nitrogens with one attached hydrogen (secondary N) is 2. The SMILES string of the molecule is O=C(Nc1ccc2n[nH]nc2c1)c1cc(-c2ccco2)nn1-c1ccccc1. The second-order valence-corrected chi connectivity index (χ2v) is 6.12. The number of carbonyl (C=O) groups excluding carboxylic acids is 1. The van der Waals surface area contributed by atoms with Crippen LogP contribution in [0, 0.1) is 0 Å². The number of nitrogens with zero attached hydrogens (tertiary/aromatic N) is 4. The molecular weight excluding hydrogens is 356 g/mol. The average molecular weight is 370 g/mol. The first-order chi connectivity index (χ1) is 13.8. The Balaban J connectivity index is 1.54. The molecule has 0 atom stereocenters. The minimum Gasteiger partial charge on any atom is -0.463 e. The van der Waals surface area contributed by atoms with Crippen molar-refractivity contribution in [2.45, 2.75) is 0 Å². The van der Waals surface area contributed by atoms with E-state index in [1.807, 2.05) is 30.3 Å². The number of benzene rings is 2. The van der Waals surface area contributed by atoms with E-state index in [0.29, 0.717) is 28.4 Å². The number of furan rings is 1. The second kappa shape index (κ2) is 6.51. The molecule has 0 aliphatic carbocycles. The monoisotopic (exact) mass is 370 g/mol. The Morgan fingerprint density at radius 2 is 1.82 bits per heavy atom. The summed E-state index contributed by atoms with van der Waals surface area (Å²) in [5, 5.41) is 18.1. The highest BCUT2D eigenvalue weighted by atomic mass is 16.3. The molecule has 0 saturated heterocycles. The molecule has 0 spiro atoms. The molecule has 0 bridgehead atoms. The van der Waals surface area contributed by atoms with Gasteiger partial charge in [-0.15, -0.1) is 0 Å². The molecule has 8 nitrogen and oxygen atoms in total. The van der Waals surface area contributed by atoms with Crippen molar-refractivity contribution in [3.8, 4) is 17.1 Å². The Labute approximate surface area is 158 Å². The quantitative estimate of drug-likeness (QED) is 0.503. The van der Waals surface area contributed by atoms with Crippen LogP contribution in [0.15, 0.2) is 77.4 Å². The van der Waals surface area contributed by atoms with Crippen LogP contribution >= 0.6 is 0 Å². The van der Waals surface area contributed by atoms with Crippen molar-refractivity contribution < 1.29 is 9.21 Å². The van der Waals surface area contributed by atoms with Crippen LogP contribution in [0.5, 0.6) is 0 Å². The topological polar surface area (TPSA) is 102 Å². The number of rotatable bonds is 4. The van der Waals surface area contributed by atoms with Crippen LogP contribution in [0.2, 0.25) is 0 Å². The molecule has 3 aromatic heterocycles. The van der Waals surface area contributed by atoms with Gasteiger partial charge in [0.2, 0.25) is 0 Å². The number of hydrogen-bond donors (Lipinski definition) is 2. The molecular formula is C20H14N6O2. The van der Waals surface area contributed by atoms with Gasteiger partial charge in [-0.3, -0.25) is 4.79 Å². The summed E-state index contributed by atoms with van der Waals surface area (Å²) >= 11 is 0. The number of fused-ring (bicyclic) bond motifs is 1. The third-order valence-corrected chi connectivity index (χ3v) is 4.29. The van der Waals surface area contributed by atoms with E-state index in [1.54, 1.807) is 47.3 Å². The Hall–Kier alpha value is -4.20. The molecule has 0 radical (unpaired) electrons. The van der Waals surface area contributed by atoms with E-state index in [4.69, 9.17) is 4.42 Å². The highest BCUT2D eigenvalue weighted by Crippen LogP contribution is 2.23. The summed E-state index contributed by atoms with van der Waals surface area (Å²) in [6.07, 6.45) is 1.57. The average Bonchev–Trinajstić information content (AvgIpc) is 3.47. The first kappa shape index (κ1) is 16.0. The van der Waals surface area contributed by atoms with Crippen molar-refractivity contribution in [2.75, 3.05) is 5.32 Å². The normalized spacial score (nSPS) is 11.0. The summed E-state index contributed by atoms with van der Waals surface area (Å²) in [6.45, 7) is 0. The summed E-state index contributed by atoms with van der Waals surface area (Å²) in [4.78, 5) is 13.0. The lowest BCUT2D eigenvalue weighted by molar-refractivity contribution is 0.101. The maximum absolute atomic E-state index is 13.0. The Bertz CT molecular complexity index is 1250. The van der Waals surface area contributed by atoms with Crippen molar-refractivity contribution in [2.24, 2.45) is 0 Å². The van der Waals surface area contributed by atoms with Crippen LogP contribution in [0.4, 0.5) is 5.69 Å². The standard InChI is InChI=1S/C20H14N6O2/c27-20(21-13-8-9-15-16(11-13)23-25-22-15)18-12-17(19-7-4-10-28-19)24-26(18)14-5-2-1-3-6-14/h1-12H,(H,21,27)(H,22,23,25). The van der Waals surface area contributed by atoms with Gasteiger partial charge in [0, 0.05) is 11.8 Å². The number of aromatic amines is 1. The van der Waals surface area contributed by atoms with Gasteiger partial charge in [0.1, 0.15) is 22.4 Å². The number of anilines is 1. The van der Waals surface area contributed by atoms with Crippen molar-refractivity contribution in [1.82, 2.24) is 25.2 Å². The highest BCUT2D eigenvalue weighted by molar-refractivity contribution is 6.04. The predicted molar refractivity (Wildman–Crippen MR) is 103 cm³/mol. The molecule has 0 unspecified atom stereocenters. The molecule has 8 heteroatoms. The Morgan fingerprint density at radius 3 is 2.64 bits per heavy atom. The van der Waals surface area contributed by atoms with E-state index in [1.165, 1.54) is 0 Å². The minimum atomic E-state index is -0.294. The zero-order valence-corrected chi connectivity index (χ0v) is 14.5. The lowest BCUT2D eigenvalue weighted by Gasteiger charge is -2.08. The van der Waals surface area contributed by atoms with E-state index >= 15 is 0 Å². The number of H-pyrrole nitrogens is 1. The van der Waals surface area contributed by atoms with E-state index in [9.17, 15) is 4.79 Å². The van der Waals surface area contributed by atoms with Crippen LogP contribution in [0.25, 0.3) is 28.2 Å². The maximum atomic E-state index is 13.0. The summed E-state index contributed by atoms with van der Waals surface area (Å²) in [7, 11) is 0. The van der Waals surface area contributed by atoms with Gasteiger partial charge in [0.05, 0.1) is 12.0 Å². The molecule has 0 aliphatic heterocycles. The van der Waals surface area contributed by atoms with Crippen LogP contribution in [-0.4, -0.2) is 31.1 Å². The summed E-state index contributed by atoms with van der Waals surface area (Å²) in [6, 6.07) is 20.1. The van der Waals surface area contributed by atoms with E-state index in [2.05, 4.69) is 25.8 Å². The number of carbonyl (C=O) groups is 1. The molecule has 1 amide bonds. The Morgan fingerprint density at radius 1 is 0.964 bits per heavy atom. The van der Waals surface area contributed by atoms with Gasteiger partial charge in [-0.1, -0.05) is 18.2 Å². The van der Waals surface area contributed by atoms with E-state index in [-0.39, 0.29) is 5.91 Å². The van der Waals surface area contributed by atoms with Gasteiger partial charge in [0.15, 0.2) is 5.76 Å². The molecule has 2 N–H and O–H groups in total. The van der Waals surface area contributed by atoms with Gasteiger partial charge in [0.25, 0.3) is 5.91 Å². The smallest absolute Gasteiger partial charge is 0.274 e. The summed E-state index contributed by atoms with van der Waals surface area (Å²) in [5.41, 5.74) is 3.76. The predicted octanol–water partition coefficient (Wildman–Crippen LogP) is 3.66. The summed E-state index contributed by atoms with van der Waals surface area (Å²) in [5.74, 6) is 0.296. The van der Waals surface area contributed by atoms with Crippen molar-refractivity contribution in [1.29, 1.82) is 0 Å². The fourth-order valence-electron chi connectivity index (χ4n) is 2.97. The van der Waals surface area contributed by atoms with Crippen LogP contribution < -0.4 is 5.32 Å². The number of amides is 1.